The highest BCUT2D eigenvalue weighted by Crippen LogP contribution is 2.41. The van der Waals surface area contributed by atoms with Crippen molar-refractivity contribution in [3.63, 3.8) is 0 Å². The van der Waals surface area contributed by atoms with E-state index in [2.05, 4.69) is 43.9 Å². The molecule has 4 aliphatic heterocycles. The second-order valence-corrected chi connectivity index (χ2v) is 39.9. The Morgan fingerprint density at radius 2 is 0.500 bits per heavy atom. The second kappa shape index (κ2) is 50.4. The molecule has 4 N–H and O–H groups in total. The van der Waals surface area contributed by atoms with E-state index in [0.717, 1.165) is 175 Å². The topological polar surface area (TPSA) is 252 Å². The van der Waals surface area contributed by atoms with E-state index >= 15 is 0 Å². The van der Waals surface area contributed by atoms with Crippen molar-refractivity contribution >= 4 is 67.1 Å². The number of phenols is 4. The van der Waals surface area contributed by atoms with Crippen molar-refractivity contribution in [2.75, 3.05) is 105 Å². The smallest absolute Gasteiger partial charge is 0.344 e. The summed E-state index contributed by atoms with van der Waals surface area (Å²) in [6.45, 7) is 23.8. The van der Waals surface area contributed by atoms with E-state index in [9.17, 15) is 39.6 Å². The zero-order chi connectivity index (χ0) is 101. The number of phenolic OH excluding ortho intramolecular Hbond substituents is 4. The molecule has 0 atom stereocenters. The average molecular weight is 2000 g/mol. The van der Waals surface area contributed by atoms with Gasteiger partial charge in [0, 0.05) is 93.2 Å². The minimum Gasteiger partial charge on any atom is -0.508 e. The number of halogens is 2. The monoisotopic (exact) mass is 2000 g/mol. The molecule has 0 radical (unpaired) electrons. The van der Waals surface area contributed by atoms with Gasteiger partial charge in [-0.2, -0.15) is 0 Å². The minimum atomic E-state index is -0.479. The molecule has 756 valence electrons. The van der Waals surface area contributed by atoms with Gasteiger partial charge in [-0.15, -0.1) is 0 Å². The molecule has 4 fully saturated rings. The molecule has 0 unspecified atom stereocenters. The Morgan fingerprint density at radius 1 is 0.253 bits per heavy atom. The van der Waals surface area contributed by atoms with Gasteiger partial charge >= 0.3 is 22.5 Å². The molecule has 12 aromatic carbocycles. The fraction of sp³-hybridized carbons (Fsp3) is 0.323. The van der Waals surface area contributed by atoms with Gasteiger partial charge in [0.15, 0.2) is 0 Å². The molecule has 0 saturated carbocycles. The van der Waals surface area contributed by atoms with Crippen molar-refractivity contribution in [3.05, 3.63) is 373 Å². The Labute approximate surface area is 863 Å². The van der Waals surface area contributed by atoms with Crippen LogP contribution in [0.4, 0.5) is 0 Å². The summed E-state index contributed by atoms with van der Waals surface area (Å²) in [7, 11) is 0. The highest BCUT2D eigenvalue weighted by atomic mass is 35.5. The standard InChI is InChI=1S/2C31H32ClNO4.2C31H33NO4/c1-21-6-13-28(32)27(18-21)30-26(25-12-9-23(34)20-29(25)37-31(30)35)19-22-7-10-24(11-8-22)36-17-16-33-14-4-2-3-5-15-33;1-21-6-12-26(28(32)18-21)30-27(25-13-9-23(34)20-29(25)37-31(30)35)19-22-7-10-24(11-8-22)36-17-16-33-14-4-2-3-5-15-33;2*1-22-6-10-24(11-7-22)30-28(27-15-12-25(33)21-29(27)36-31(30)34)20-23-8-13-26(14-9-23)35-19-18-32-16-4-2-3-5-17-32/h2*6-13,18,20,34H,2-5,14-17,19H2,1H3;2*6-15,21,33H,2-5,16-20H2,1H3. The normalized spacial score (nSPS) is 14.6. The summed E-state index contributed by atoms with van der Waals surface area (Å²) in [5.41, 5.74) is 16.5. The number of benzene rings is 12. The predicted octanol–water partition coefficient (Wildman–Crippen LogP) is 26.6. The second-order valence-electron chi connectivity index (χ2n) is 39.1. The molecule has 0 spiro atoms. The highest BCUT2D eigenvalue weighted by Gasteiger charge is 2.27. The summed E-state index contributed by atoms with van der Waals surface area (Å²) in [4.78, 5) is 62.6. The number of fused-ring (bicyclic) bond motifs is 4. The van der Waals surface area contributed by atoms with E-state index in [1.165, 1.54) is 153 Å². The van der Waals surface area contributed by atoms with Gasteiger partial charge < -0.3 is 57.0 Å². The van der Waals surface area contributed by atoms with E-state index in [4.69, 9.17) is 59.8 Å². The zero-order valence-electron chi connectivity index (χ0n) is 83.9. The highest BCUT2D eigenvalue weighted by molar-refractivity contribution is 6.34. The molecule has 0 bridgehead atoms. The van der Waals surface area contributed by atoms with E-state index < -0.39 is 22.5 Å². The van der Waals surface area contributed by atoms with Gasteiger partial charge in [0.05, 0.1) is 22.3 Å². The van der Waals surface area contributed by atoms with E-state index in [-0.39, 0.29) is 23.0 Å². The average Bonchev–Trinajstić information content (AvgIpc) is 0.813. The first-order valence-electron chi connectivity index (χ1n) is 51.7. The van der Waals surface area contributed by atoms with Crippen molar-refractivity contribution in [2.24, 2.45) is 0 Å². The van der Waals surface area contributed by atoms with Gasteiger partial charge in [-0.25, -0.2) is 19.2 Å². The molecule has 16 aromatic rings. The molecule has 0 amide bonds. The minimum absolute atomic E-state index is 0.0457. The van der Waals surface area contributed by atoms with Crippen molar-refractivity contribution in [3.8, 4) is 90.5 Å². The lowest BCUT2D eigenvalue weighted by Crippen LogP contribution is -2.29. The number of likely N-dealkylation sites (tertiary alicyclic amines) is 4. The maximum absolute atomic E-state index is 13.2. The lowest BCUT2D eigenvalue weighted by molar-refractivity contribution is 0.214. The predicted molar refractivity (Wildman–Crippen MR) is 586 cm³/mol. The van der Waals surface area contributed by atoms with Crippen LogP contribution in [0, 0.1) is 27.7 Å². The summed E-state index contributed by atoms with van der Waals surface area (Å²) >= 11 is 13.1. The van der Waals surface area contributed by atoms with Crippen LogP contribution in [0.2, 0.25) is 10.0 Å². The van der Waals surface area contributed by atoms with Crippen LogP contribution in [0.25, 0.3) is 88.4 Å². The summed E-state index contributed by atoms with van der Waals surface area (Å²) in [5, 5.41) is 44.0. The SMILES string of the molecule is Cc1ccc(-c2c(Cc3ccc(OCCN4CCCCCC4)cc3)c3ccc(O)cc3oc2=O)c(Cl)c1.Cc1ccc(-c2c(Cc3ccc(OCCN4CCCCCC4)cc3)c3ccc(O)cc3oc2=O)cc1.Cc1ccc(-c2c(Cc3ccc(OCCN4CCCCCC4)cc3)c3ccc(O)cc3oc2=O)cc1.Cc1ccc(Cl)c(-c2c(Cc3ccc(OCCN4CCCCCC4)cc3)c3ccc(O)cc3oc2=O)c1. The van der Waals surface area contributed by atoms with Crippen LogP contribution in [0.5, 0.6) is 46.0 Å². The Morgan fingerprint density at radius 3 is 0.781 bits per heavy atom. The van der Waals surface area contributed by atoms with Crippen LogP contribution in [0.3, 0.4) is 0 Å². The van der Waals surface area contributed by atoms with Gasteiger partial charge in [0.1, 0.15) is 94.8 Å². The van der Waals surface area contributed by atoms with E-state index in [1.54, 1.807) is 42.5 Å². The molecule has 4 aromatic heterocycles. The summed E-state index contributed by atoms with van der Waals surface area (Å²) in [6.07, 6.45) is 23.0. The molecule has 22 heteroatoms. The largest absolute Gasteiger partial charge is 0.508 e. The fourth-order valence-corrected chi connectivity index (χ4v) is 20.8. The first-order chi connectivity index (χ1) is 71.1. The van der Waals surface area contributed by atoms with Gasteiger partial charge in [0.25, 0.3) is 0 Å². The number of aromatic hydroxyl groups is 4. The number of nitrogens with zero attached hydrogens (tertiary/aromatic N) is 4. The van der Waals surface area contributed by atoms with Crippen LogP contribution in [0.1, 0.15) is 169 Å². The third kappa shape index (κ3) is 27.7. The zero-order valence-corrected chi connectivity index (χ0v) is 85.4. The van der Waals surface area contributed by atoms with Crippen molar-refractivity contribution in [2.45, 2.75) is 156 Å². The van der Waals surface area contributed by atoms with Crippen LogP contribution in [0.15, 0.2) is 292 Å². The Hall–Kier alpha value is -13.7. The van der Waals surface area contributed by atoms with Gasteiger partial charge in [-0.3, -0.25) is 19.6 Å². The number of ether oxygens (including phenoxy) is 4. The van der Waals surface area contributed by atoms with Crippen molar-refractivity contribution in [1.82, 2.24) is 19.6 Å². The quantitative estimate of drug-likeness (QED) is 0.0333. The molecular formula is C124H130Cl2N4O16. The number of aryl methyl sites for hydroxylation is 4. The molecule has 20 rings (SSSR count). The first-order valence-corrected chi connectivity index (χ1v) is 52.4. The Bertz CT molecular complexity index is 7140. The summed E-state index contributed by atoms with van der Waals surface area (Å²) in [6, 6.07) is 79.0. The van der Waals surface area contributed by atoms with Crippen LogP contribution < -0.4 is 41.4 Å². The first kappa shape index (κ1) is 104. The molecule has 8 heterocycles. The maximum Gasteiger partial charge on any atom is 0.344 e. The lowest BCUT2D eigenvalue weighted by atomic mass is 9.92. The van der Waals surface area contributed by atoms with Crippen LogP contribution in [-0.2, 0) is 25.7 Å². The molecular weight excluding hydrogens is 1870 g/mol. The van der Waals surface area contributed by atoms with Crippen molar-refractivity contribution in [1.29, 1.82) is 0 Å². The van der Waals surface area contributed by atoms with E-state index in [1.807, 2.05) is 191 Å². The maximum atomic E-state index is 13.2. The number of rotatable bonds is 28. The van der Waals surface area contributed by atoms with E-state index in [0.29, 0.717) is 118 Å². The Kier molecular flexibility index (Phi) is 35.8. The molecule has 20 nitrogen and oxygen atoms in total. The molecule has 0 aliphatic carbocycles. The summed E-state index contributed by atoms with van der Waals surface area (Å²) in [5.74, 6) is 3.62. The molecule has 4 saturated heterocycles. The number of hydrogen-bond donors (Lipinski definition) is 4. The van der Waals surface area contributed by atoms with Crippen LogP contribution in [-0.4, -0.2) is 145 Å². The third-order valence-electron chi connectivity index (χ3n) is 28.2. The van der Waals surface area contributed by atoms with Crippen molar-refractivity contribution < 1.29 is 57.0 Å². The lowest BCUT2D eigenvalue weighted by Gasteiger charge is -2.19. The fourth-order valence-electron chi connectivity index (χ4n) is 20.2. The third-order valence-corrected chi connectivity index (χ3v) is 28.8. The van der Waals surface area contributed by atoms with Gasteiger partial charge in [-0.1, -0.05) is 207 Å². The molecule has 146 heavy (non-hydrogen) atoms. The Balaban J connectivity index is 0.000000133. The molecule has 4 aliphatic rings. The summed E-state index contributed by atoms with van der Waals surface area (Å²) < 4.78 is 46.6. The van der Waals surface area contributed by atoms with Gasteiger partial charge in [0.2, 0.25) is 0 Å². The number of hydrogen-bond acceptors (Lipinski definition) is 20. The van der Waals surface area contributed by atoms with Gasteiger partial charge in [-0.05, 0) is 334 Å². The van der Waals surface area contributed by atoms with Crippen LogP contribution >= 0.6 is 23.2 Å².